The van der Waals surface area contributed by atoms with E-state index in [0.29, 0.717) is 18.4 Å². The molecule has 0 aromatic rings. The highest BCUT2D eigenvalue weighted by molar-refractivity contribution is 7.99. The predicted octanol–water partition coefficient (Wildman–Crippen LogP) is 1.13. The van der Waals surface area contributed by atoms with Crippen LogP contribution in [0, 0.1) is 5.92 Å². The van der Waals surface area contributed by atoms with Gasteiger partial charge in [0.05, 0.1) is 0 Å². The summed E-state index contributed by atoms with van der Waals surface area (Å²) in [5.41, 5.74) is 5.92. The molecule has 4 heteroatoms. The Balaban J connectivity index is 1.66. The Hall–Kier alpha value is -0.220. The average molecular weight is 228 g/mol. The summed E-state index contributed by atoms with van der Waals surface area (Å²) in [6.45, 7) is 0. The van der Waals surface area contributed by atoms with Crippen molar-refractivity contribution in [1.82, 2.24) is 5.32 Å². The first-order valence-electron chi connectivity index (χ1n) is 5.88. The fourth-order valence-corrected chi connectivity index (χ4v) is 3.14. The first kappa shape index (κ1) is 11.3. The number of hydrogen-bond donors (Lipinski definition) is 2. The van der Waals surface area contributed by atoms with E-state index in [0.717, 1.165) is 12.8 Å². The lowest BCUT2D eigenvalue weighted by Crippen LogP contribution is -2.40. The van der Waals surface area contributed by atoms with Crippen LogP contribution in [0.5, 0.6) is 0 Å². The summed E-state index contributed by atoms with van der Waals surface area (Å²) in [5.74, 6) is 3.14. The second-order valence-corrected chi connectivity index (χ2v) is 5.88. The van der Waals surface area contributed by atoms with Crippen molar-refractivity contribution in [2.45, 2.75) is 44.2 Å². The van der Waals surface area contributed by atoms with Crippen molar-refractivity contribution < 1.29 is 4.79 Å². The average Bonchev–Trinajstić information content (AvgIpc) is 3.01. The summed E-state index contributed by atoms with van der Waals surface area (Å²) in [6, 6.07) is 0.508. The van der Waals surface area contributed by atoms with Crippen molar-refractivity contribution in [1.29, 1.82) is 0 Å². The van der Waals surface area contributed by atoms with Gasteiger partial charge in [-0.1, -0.05) is 0 Å². The summed E-state index contributed by atoms with van der Waals surface area (Å²) in [7, 11) is 0. The third-order valence-electron chi connectivity index (χ3n) is 3.24. The van der Waals surface area contributed by atoms with Gasteiger partial charge in [-0.25, -0.2) is 0 Å². The van der Waals surface area contributed by atoms with Gasteiger partial charge in [0.1, 0.15) is 0 Å². The van der Waals surface area contributed by atoms with E-state index in [1.165, 1.54) is 24.3 Å². The molecule has 3 N–H and O–H groups in total. The van der Waals surface area contributed by atoms with Gasteiger partial charge in [0.15, 0.2) is 0 Å². The lowest BCUT2D eigenvalue weighted by molar-refractivity contribution is -0.122. The maximum atomic E-state index is 11.7. The number of amides is 1. The fourth-order valence-electron chi connectivity index (χ4n) is 2.03. The number of carbonyl (C=O) groups excluding carboxylic acids is 1. The second-order valence-electron chi connectivity index (χ2n) is 4.66. The smallest absolute Gasteiger partial charge is 0.221 e. The summed E-state index contributed by atoms with van der Waals surface area (Å²) < 4.78 is 0. The van der Waals surface area contributed by atoms with E-state index in [-0.39, 0.29) is 11.9 Å². The number of nitrogens with two attached hydrogens (primary N) is 1. The zero-order chi connectivity index (χ0) is 10.7. The van der Waals surface area contributed by atoms with Crippen LogP contribution < -0.4 is 11.1 Å². The van der Waals surface area contributed by atoms with Gasteiger partial charge in [-0.05, 0) is 43.1 Å². The highest BCUT2D eigenvalue weighted by atomic mass is 32.2. The molecule has 0 radical (unpaired) electrons. The highest BCUT2D eigenvalue weighted by Gasteiger charge is 2.30. The number of hydrogen-bond acceptors (Lipinski definition) is 3. The fraction of sp³-hybridized carbons (Fsp3) is 0.909. The summed E-state index contributed by atoms with van der Waals surface area (Å²) >= 11 is 1.98. The topological polar surface area (TPSA) is 55.1 Å². The molecule has 1 aliphatic heterocycles. The van der Waals surface area contributed by atoms with Crippen molar-refractivity contribution in [2.24, 2.45) is 11.7 Å². The van der Waals surface area contributed by atoms with Crippen molar-refractivity contribution in [2.75, 3.05) is 11.5 Å². The van der Waals surface area contributed by atoms with Gasteiger partial charge in [0.25, 0.3) is 0 Å². The van der Waals surface area contributed by atoms with E-state index in [1.807, 2.05) is 11.8 Å². The van der Waals surface area contributed by atoms with Crippen LogP contribution in [-0.4, -0.2) is 29.5 Å². The molecule has 1 saturated carbocycles. The molecule has 2 fully saturated rings. The van der Waals surface area contributed by atoms with Crippen LogP contribution in [0.2, 0.25) is 0 Å². The Labute approximate surface area is 95.6 Å². The molecule has 2 rings (SSSR count). The van der Waals surface area contributed by atoms with Crippen LogP contribution in [0.3, 0.4) is 0 Å². The van der Waals surface area contributed by atoms with Crippen molar-refractivity contribution >= 4 is 17.7 Å². The van der Waals surface area contributed by atoms with Gasteiger partial charge in [0, 0.05) is 18.5 Å². The van der Waals surface area contributed by atoms with E-state index in [1.54, 1.807) is 0 Å². The van der Waals surface area contributed by atoms with E-state index in [4.69, 9.17) is 5.73 Å². The van der Waals surface area contributed by atoms with Crippen LogP contribution in [0.4, 0.5) is 0 Å². The normalized spacial score (nSPS) is 24.9. The van der Waals surface area contributed by atoms with Crippen LogP contribution in [-0.2, 0) is 4.79 Å². The third kappa shape index (κ3) is 3.68. The van der Waals surface area contributed by atoms with E-state index < -0.39 is 0 Å². The molecule has 15 heavy (non-hydrogen) atoms. The number of thioether (sulfide) groups is 1. The van der Waals surface area contributed by atoms with E-state index in [2.05, 4.69) is 5.32 Å². The minimum atomic E-state index is 0.1000. The SMILES string of the molecule is NC(CC(=O)NC1CCSCC1)C1CC1. The minimum Gasteiger partial charge on any atom is -0.353 e. The highest BCUT2D eigenvalue weighted by Crippen LogP contribution is 2.32. The van der Waals surface area contributed by atoms with Crippen molar-refractivity contribution in [3.63, 3.8) is 0 Å². The number of nitrogens with one attached hydrogen (secondary N) is 1. The second kappa shape index (κ2) is 5.21. The minimum absolute atomic E-state index is 0.1000. The molecular formula is C11H20N2OS. The molecule has 1 unspecified atom stereocenters. The van der Waals surface area contributed by atoms with Gasteiger partial charge in [-0.2, -0.15) is 11.8 Å². The van der Waals surface area contributed by atoms with E-state index >= 15 is 0 Å². The summed E-state index contributed by atoms with van der Waals surface area (Å²) in [6.07, 6.45) is 5.20. The Kier molecular flexibility index (Phi) is 3.92. The van der Waals surface area contributed by atoms with Gasteiger partial charge >= 0.3 is 0 Å². The van der Waals surface area contributed by atoms with Crippen molar-refractivity contribution in [3.05, 3.63) is 0 Å². The Morgan fingerprint density at radius 3 is 2.60 bits per heavy atom. The number of rotatable bonds is 4. The zero-order valence-corrected chi connectivity index (χ0v) is 9.89. The third-order valence-corrected chi connectivity index (χ3v) is 4.28. The lowest BCUT2D eigenvalue weighted by Gasteiger charge is -2.23. The van der Waals surface area contributed by atoms with Crippen LogP contribution in [0.1, 0.15) is 32.1 Å². The zero-order valence-electron chi connectivity index (χ0n) is 9.08. The molecule has 0 bridgehead atoms. The van der Waals surface area contributed by atoms with Gasteiger partial charge in [0.2, 0.25) is 5.91 Å². The molecule has 1 aliphatic carbocycles. The molecule has 1 amide bonds. The molecule has 1 heterocycles. The van der Waals surface area contributed by atoms with Crippen LogP contribution in [0.15, 0.2) is 0 Å². The quantitative estimate of drug-likeness (QED) is 0.758. The van der Waals surface area contributed by atoms with Crippen molar-refractivity contribution in [3.8, 4) is 0 Å². The summed E-state index contributed by atoms with van der Waals surface area (Å²) in [4.78, 5) is 11.7. The van der Waals surface area contributed by atoms with Crippen LogP contribution in [0.25, 0.3) is 0 Å². The monoisotopic (exact) mass is 228 g/mol. The maximum absolute atomic E-state index is 11.7. The first-order valence-corrected chi connectivity index (χ1v) is 7.04. The van der Waals surface area contributed by atoms with Gasteiger partial charge in [-0.15, -0.1) is 0 Å². The molecule has 0 spiro atoms. The van der Waals surface area contributed by atoms with Gasteiger partial charge in [-0.3, -0.25) is 4.79 Å². The Morgan fingerprint density at radius 1 is 1.33 bits per heavy atom. The standard InChI is InChI=1S/C11H20N2OS/c12-10(8-1-2-8)7-11(14)13-9-3-5-15-6-4-9/h8-10H,1-7,12H2,(H,13,14). The largest absolute Gasteiger partial charge is 0.353 e. The summed E-state index contributed by atoms with van der Waals surface area (Å²) in [5, 5.41) is 3.10. The Morgan fingerprint density at radius 2 is 2.00 bits per heavy atom. The molecule has 1 saturated heterocycles. The molecular weight excluding hydrogens is 208 g/mol. The number of carbonyl (C=O) groups is 1. The molecule has 3 nitrogen and oxygen atoms in total. The molecule has 86 valence electrons. The van der Waals surface area contributed by atoms with Gasteiger partial charge < -0.3 is 11.1 Å². The Bertz CT molecular complexity index is 225. The molecule has 1 atom stereocenters. The maximum Gasteiger partial charge on any atom is 0.221 e. The molecule has 2 aliphatic rings. The van der Waals surface area contributed by atoms with E-state index in [9.17, 15) is 4.79 Å². The first-order chi connectivity index (χ1) is 7.25. The lowest BCUT2D eigenvalue weighted by atomic mass is 10.1. The van der Waals surface area contributed by atoms with Crippen LogP contribution >= 0.6 is 11.8 Å². The molecule has 0 aromatic heterocycles. The predicted molar refractivity (Wildman–Crippen MR) is 63.8 cm³/mol. The molecule has 0 aromatic carbocycles.